The molecule has 4 fully saturated rings. The zero-order chi connectivity index (χ0) is 32.4. The molecule has 7 atom stereocenters. The summed E-state index contributed by atoms with van der Waals surface area (Å²) in [5.41, 5.74) is 3.36. The van der Waals surface area contributed by atoms with Crippen molar-refractivity contribution in [2.45, 2.75) is 96.7 Å². The van der Waals surface area contributed by atoms with Gasteiger partial charge in [-0.3, -0.25) is 9.59 Å². The van der Waals surface area contributed by atoms with E-state index in [1.165, 1.54) is 11.3 Å². The van der Waals surface area contributed by atoms with Crippen LogP contribution in [0.4, 0.5) is 0 Å². The van der Waals surface area contributed by atoms with Gasteiger partial charge in [0, 0.05) is 20.5 Å². The van der Waals surface area contributed by atoms with Crippen LogP contribution in [0.3, 0.4) is 0 Å². The van der Waals surface area contributed by atoms with Gasteiger partial charge in [0.15, 0.2) is 0 Å². The Bertz CT molecular complexity index is 1390. The summed E-state index contributed by atoms with van der Waals surface area (Å²) in [6, 6.07) is 20.8. The van der Waals surface area contributed by atoms with E-state index in [0.29, 0.717) is 31.1 Å². The minimum atomic E-state index is -0.655. The Labute approximate surface area is 270 Å². The summed E-state index contributed by atoms with van der Waals surface area (Å²) in [5, 5.41) is 13.0. The van der Waals surface area contributed by atoms with Crippen LogP contribution in [-0.2, 0) is 38.2 Å². The fourth-order valence-electron chi connectivity index (χ4n) is 8.24. The van der Waals surface area contributed by atoms with Gasteiger partial charge in [0.25, 0.3) is 0 Å². The average Bonchev–Trinajstić information content (AvgIpc) is 3.38. The number of aryl methyl sites for hydroxylation is 1. The van der Waals surface area contributed by atoms with E-state index in [9.17, 15) is 14.9 Å². The van der Waals surface area contributed by atoms with Gasteiger partial charge in [-0.25, -0.2) is 0 Å². The summed E-state index contributed by atoms with van der Waals surface area (Å²) >= 11 is 0. The van der Waals surface area contributed by atoms with Gasteiger partial charge < -0.3 is 19.5 Å². The van der Waals surface area contributed by atoms with Crippen molar-refractivity contribution in [1.82, 2.24) is 10.2 Å². The Hall–Kier alpha value is -3.15. The summed E-state index contributed by atoms with van der Waals surface area (Å²) in [5.74, 6) is 0.0373. The first-order valence-electron chi connectivity index (χ1n) is 16.8. The molecule has 2 aromatic rings. The number of nitrogens with zero attached hydrogens (tertiary/aromatic N) is 2. The maximum Gasteiger partial charge on any atom is 0.482 e. The highest BCUT2D eigenvalue weighted by molar-refractivity contribution is 6.48. The van der Waals surface area contributed by atoms with Crippen molar-refractivity contribution in [3.63, 3.8) is 0 Å². The summed E-state index contributed by atoms with van der Waals surface area (Å²) in [7, 11) is 2.92. The fraction of sp³-hybridized carbons (Fsp3) is 0.595. The number of rotatable bonds is 13. The van der Waals surface area contributed by atoms with Gasteiger partial charge in [-0.1, -0.05) is 81.8 Å². The minimum absolute atomic E-state index is 0.00838. The van der Waals surface area contributed by atoms with E-state index in [1.54, 1.807) is 14.1 Å². The van der Waals surface area contributed by atoms with Gasteiger partial charge in [-0.05, 0) is 85.3 Å². The number of hydrogen-bond acceptors (Lipinski definition) is 5. The van der Waals surface area contributed by atoms with Gasteiger partial charge in [0.1, 0.15) is 5.92 Å². The van der Waals surface area contributed by atoms with Crippen LogP contribution < -0.4 is 5.32 Å². The normalized spacial score (nSPS) is 26.5. The number of nitriles is 1. The van der Waals surface area contributed by atoms with E-state index in [2.05, 4.69) is 62.5 Å². The molecule has 1 heterocycles. The summed E-state index contributed by atoms with van der Waals surface area (Å²) in [4.78, 5) is 27.4. The van der Waals surface area contributed by atoms with E-state index in [-0.39, 0.29) is 40.8 Å². The molecule has 1 aliphatic heterocycles. The van der Waals surface area contributed by atoms with Crippen molar-refractivity contribution in [2.75, 3.05) is 14.1 Å². The Morgan fingerprint density at radius 1 is 1.04 bits per heavy atom. The topological polar surface area (TPSA) is 91.7 Å². The van der Waals surface area contributed by atoms with Gasteiger partial charge in [0.05, 0.1) is 23.7 Å². The van der Waals surface area contributed by atoms with E-state index >= 15 is 0 Å². The number of benzene rings is 2. The lowest BCUT2D eigenvalue weighted by molar-refractivity contribution is -0.199. The minimum Gasteiger partial charge on any atom is -0.404 e. The Morgan fingerprint density at radius 2 is 1.76 bits per heavy atom. The second-order valence-corrected chi connectivity index (χ2v) is 14.6. The fourth-order valence-corrected chi connectivity index (χ4v) is 8.24. The molecule has 7 nitrogen and oxygen atoms in total. The van der Waals surface area contributed by atoms with Crippen LogP contribution in [0.1, 0.15) is 76.5 Å². The molecule has 0 aromatic heterocycles. The molecule has 45 heavy (non-hydrogen) atoms. The van der Waals surface area contributed by atoms with E-state index < -0.39 is 13.0 Å². The lowest BCUT2D eigenvalue weighted by Gasteiger charge is -2.64. The van der Waals surface area contributed by atoms with Crippen LogP contribution in [0.2, 0.25) is 0 Å². The van der Waals surface area contributed by atoms with Crippen LogP contribution in [-0.4, -0.2) is 55.6 Å². The summed E-state index contributed by atoms with van der Waals surface area (Å²) < 4.78 is 13.4. The number of carbonyl (C=O) groups excluding carboxylic acids is 2. The second kappa shape index (κ2) is 13.7. The predicted octanol–water partition coefficient (Wildman–Crippen LogP) is 5.80. The van der Waals surface area contributed by atoms with Gasteiger partial charge >= 0.3 is 7.12 Å². The third kappa shape index (κ3) is 7.00. The van der Waals surface area contributed by atoms with Crippen molar-refractivity contribution in [3.05, 3.63) is 71.3 Å². The monoisotopic (exact) mass is 611 g/mol. The largest absolute Gasteiger partial charge is 0.482 e. The molecular weight excluding hydrogens is 561 g/mol. The van der Waals surface area contributed by atoms with Crippen LogP contribution in [0.15, 0.2) is 54.6 Å². The molecule has 240 valence electrons. The number of nitrogens with one attached hydrogen (secondary N) is 1. The molecule has 0 radical (unpaired) electrons. The molecule has 1 saturated heterocycles. The number of amides is 2. The summed E-state index contributed by atoms with van der Waals surface area (Å²) in [6.45, 7) is 8.98. The van der Waals surface area contributed by atoms with Gasteiger partial charge in [0.2, 0.25) is 11.8 Å². The first-order chi connectivity index (χ1) is 21.5. The first kappa shape index (κ1) is 33.2. The summed E-state index contributed by atoms with van der Waals surface area (Å²) in [6.07, 6.45) is 6.25. The highest BCUT2D eigenvalue weighted by Gasteiger charge is 2.68. The smallest absolute Gasteiger partial charge is 0.404 e. The highest BCUT2D eigenvalue weighted by atomic mass is 16.7. The number of hydrogen-bond donors (Lipinski definition) is 1. The van der Waals surface area contributed by atoms with Crippen molar-refractivity contribution in [2.24, 2.45) is 29.1 Å². The van der Waals surface area contributed by atoms with Gasteiger partial charge in [-0.15, -0.1) is 0 Å². The Kier molecular flexibility index (Phi) is 10.1. The molecule has 0 spiro atoms. The average molecular weight is 612 g/mol. The van der Waals surface area contributed by atoms with E-state index in [1.807, 2.05) is 31.2 Å². The van der Waals surface area contributed by atoms with Crippen LogP contribution in [0.5, 0.6) is 0 Å². The van der Waals surface area contributed by atoms with Crippen LogP contribution >= 0.6 is 0 Å². The van der Waals surface area contributed by atoms with Crippen LogP contribution in [0.25, 0.3) is 0 Å². The van der Waals surface area contributed by atoms with E-state index in [4.69, 9.17) is 9.31 Å². The maximum absolute atomic E-state index is 13.3. The van der Waals surface area contributed by atoms with Crippen molar-refractivity contribution in [3.8, 4) is 6.07 Å². The predicted molar refractivity (Wildman–Crippen MR) is 177 cm³/mol. The van der Waals surface area contributed by atoms with Crippen LogP contribution in [0, 0.1) is 40.4 Å². The zero-order valence-corrected chi connectivity index (χ0v) is 27.9. The Morgan fingerprint density at radius 3 is 2.42 bits per heavy atom. The SMILES string of the molecule is CCC(Cc1cccc(CCCC(=O)N[C@@H](Cc2ccccc2)B2O[C@@H]3C[C@@H]4C[C@@H](C4(C)C)[C@]3(C)O2)c1)C(C#N)C(=O)N(C)C. The lowest BCUT2D eigenvalue weighted by atomic mass is 9.43. The number of carbonyl (C=O) groups is 2. The zero-order valence-electron chi connectivity index (χ0n) is 27.9. The highest BCUT2D eigenvalue weighted by Crippen LogP contribution is 2.65. The molecular formula is C37H50BN3O4. The molecule has 3 aliphatic carbocycles. The van der Waals surface area contributed by atoms with Crippen molar-refractivity contribution < 1.29 is 18.9 Å². The third-order valence-corrected chi connectivity index (χ3v) is 11.1. The molecule has 2 aromatic carbocycles. The maximum atomic E-state index is 13.3. The van der Waals surface area contributed by atoms with Crippen molar-refractivity contribution in [1.29, 1.82) is 5.26 Å². The van der Waals surface area contributed by atoms with E-state index in [0.717, 1.165) is 42.4 Å². The third-order valence-electron chi connectivity index (χ3n) is 11.1. The van der Waals surface area contributed by atoms with Crippen molar-refractivity contribution >= 4 is 18.9 Å². The first-order valence-corrected chi connectivity index (χ1v) is 16.8. The Balaban J connectivity index is 1.19. The molecule has 3 saturated carbocycles. The standard InChI is InChI=1S/C37H50BN3O4/c1-7-28(30(24-39)35(43)41(5)6)20-27-17-11-15-25(19-27)16-12-18-34(42)40-33(21-26-13-9-8-10-14-26)38-44-32-23-29-22-31(36(29,2)3)37(32,4)45-38/h8-11,13-15,17,19,28-33H,7,12,16,18,20-23H2,1-6H3,(H,40,42)/t28?,29-,30?,31-,32+,33-,37-/m0/s1. The molecule has 2 bridgehead atoms. The molecule has 2 amide bonds. The molecule has 1 N–H and O–H groups in total. The molecule has 2 unspecified atom stereocenters. The molecule has 6 rings (SSSR count). The molecule has 8 heteroatoms. The van der Waals surface area contributed by atoms with Gasteiger partial charge in [-0.2, -0.15) is 5.26 Å². The molecule has 4 aliphatic rings. The lowest BCUT2D eigenvalue weighted by Crippen LogP contribution is -2.65. The second-order valence-electron chi connectivity index (χ2n) is 14.6. The quantitative estimate of drug-likeness (QED) is 0.289.